The molecule has 1 amide bonds. The topological polar surface area (TPSA) is 66.9 Å². The van der Waals surface area contributed by atoms with Gasteiger partial charge in [0.05, 0.1) is 23.8 Å². The quantitative estimate of drug-likeness (QED) is 0.546. The van der Waals surface area contributed by atoms with Crippen LogP contribution in [0, 0.1) is 0 Å². The average Bonchev–Trinajstić information content (AvgIpc) is 2.84. The van der Waals surface area contributed by atoms with Crippen LogP contribution in [0.4, 0.5) is 5.69 Å². The zero-order chi connectivity index (χ0) is 22.6. The Labute approximate surface area is 189 Å². The molecule has 3 aromatic rings. The molecule has 0 unspecified atom stereocenters. The largest absolute Gasteiger partial charge is 0.379 e. The van der Waals surface area contributed by atoms with Crippen molar-refractivity contribution in [3.8, 4) is 0 Å². The molecule has 1 heterocycles. The maximum Gasteiger partial charge on any atom is 0.243 e. The van der Waals surface area contributed by atoms with Gasteiger partial charge in [0.25, 0.3) is 0 Å². The molecule has 1 aliphatic rings. The van der Waals surface area contributed by atoms with E-state index in [0.717, 1.165) is 22.0 Å². The maximum absolute atomic E-state index is 13.0. The number of aryl methyl sites for hydroxylation is 1. The Hall–Kier alpha value is -2.74. The Balaban J connectivity index is 1.44. The molecule has 1 fully saturated rings. The van der Waals surface area contributed by atoms with Crippen LogP contribution >= 0.6 is 0 Å². The molecule has 0 bridgehead atoms. The number of morpholine rings is 1. The summed E-state index contributed by atoms with van der Waals surface area (Å²) in [6, 6.07) is 20.9. The molecular weight excluding hydrogens is 424 g/mol. The van der Waals surface area contributed by atoms with Crippen molar-refractivity contribution in [2.75, 3.05) is 37.7 Å². The Morgan fingerprint density at radius 3 is 2.38 bits per heavy atom. The predicted octanol–water partition coefficient (Wildman–Crippen LogP) is 3.85. The third kappa shape index (κ3) is 4.70. The molecule has 1 saturated heterocycles. The monoisotopic (exact) mass is 452 g/mol. The summed E-state index contributed by atoms with van der Waals surface area (Å²) in [4.78, 5) is 15.1. The van der Waals surface area contributed by atoms with E-state index in [4.69, 9.17) is 4.74 Å². The number of nitrogens with zero attached hydrogens (tertiary/aromatic N) is 2. The fourth-order valence-electron chi connectivity index (χ4n) is 4.08. The summed E-state index contributed by atoms with van der Waals surface area (Å²) in [6.07, 6.45) is 0.907. The van der Waals surface area contributed by atoms with E-state index in [1.54, 1.807) is 24.3 Å². The minimum Gasteiger partial charge on any atom is -0.379 e. The highest BCUT2D eigenvalue weighted by molar-refractivity contribution is 7.89. The second-order valence-corrected chi connectivity index (χ2v) is 9.73. The number of ether oxygens (including phenoxy) is 1. The Bertz CT molecular complexity index is 1180. The standard InChI is InChI=1S/C25H28N2O4S/c1-2-27(24-9-5-7-21-6-3-4-8-23(21)24)25(28)15-12-20-10-13-22(14-11-20)32(29,30)26-16-18-31-19-17-26/h3-11,13-14H,2,12,15-19H2,1H3. The fraction of sp³-hybridized carbons (Fsp3) is 0.320. The molecule has 0 N–H and O–H groups in total. The second-order valence-electron chi connectivity index (χ2n) is 7.80. The van der Waals surface area contributed by atoms with Crippen molar-refractivity contribution >= 4 is 32.4 Å². The van der Waals surface area contributed by atoms with Gasteiger partial charge in [0.15, 0.2) is 0 Å². The van der Waals surface area contributed by atoms with Gasteiger partial charge in [-0.15, -0.1) is 0 Å². The summed E-state index contributed by atoms with van der Waals surface area (Å²) in [7, 11) is -3.51. The highest BCUT2D eigenvalue weighted by Gasteiger charge is 2.26. The molecule has 6 nitrogen and oxygen atoms in total. The third-order valence-corrected chi connectivity index (χ3v) is 7.75. The zero-order valence-electron chi connectivity index (χ0n) is 18.2. The van der Waals surface area contributed by atoms with E-state index in [1.807, 2.05) is 54.3 Å². The van der Waals surface area contributed by atoms with Gasteiger partial charge < -0.3 is 9.64 Å². The van der Waals surface area contributed by atoms with Gasteiger partial charge in [-0.05, 0) is 42.5 Å². The molecule has 0 atom stereocenters. The summed E-state index contributed by atoms with van der Waals surface area (Å²) >= 11 is 0. The van der Waals surface area contributed by atoms with Crippen LogP contribution in [-0.4, -0.2) is 51.5 Å². The number of fused-ring (bicyclic) bond motifs is 1. The lowest BCUT2D eigenvalue weighted by Gasteiger charge is -2.26. The van der Waals surface area contributed by atoms with Gasteiger partial charge in [0, 0.05) is 31.4 Å². The van der Waals surface area contributed by atoms with Crippen molar-refractivity contribution in [2.24, 2.45) is 0 Å². The highest BCUT2D eigenvalue weighted by Crippen LogP contribution is 2.27. The number of rotatable bonds is 7. The molecule has 168 valence electrons. The van der Waals surface area contributed by atoms with Gasteiger partial charge in [-0.25, -0.2) is 8.42 Å². The summed E-state index contributed by atoms with van der Waals surface area (Å²) in [6.45, 7) is 4.15. The van der Waals surface area contributed by atoms with Crippen LogP contribution in [0.3, 0.4) is 0 Å². The molecule has 0 aliphatic carbocycles. The first kappa shape index (κ1) is 22.5. The number of carbonyl (C=O) groups excluding carboxylic acids is 1. The maximum atomic E-state index is 13.0. The lowest BCUT2D eigenvalue weighted by Crippen LogP contribution is -2.40. The van der Waals surface area contributed by atoms with Crippen molar-refractivity contribution in [1.82, 2.24) is 4.31 Å². The fourth-order valence-corrected chi connectivity index (χ4v) is 5.48. The van der Waals surface area contributed by atoms with E-state index >= 15 is 0 Å². The van der Waals surface area contributed by atoms with Crippen LogP contribution in [0.5, 0.6) is 0 Å². The zero-order valence-corrected chi connectivity index (χ0v) is 19.1. The van der Waals surface area contributed by atoms with Gasteiger partial charge in [0.1, 0.15) is 0 Å². The molecule has 0 radical (unpaired) electrons. The number of amides is 1. The van der Waals surface area contributed by atoms with Crippen LogP contribution in [0.15, 0.2) is 71.6 Å². The predicted molar refractivity (Wildman–Crippen MR) is 126 cm³/mol. The number of carbonyl (C=O) groups is 1. The molecule has 0 aromatic heterocycles. The molecule has 0 saturated carbocycles. The Kier molecular flexibility index (Phi) is 6.89. The van der Waals surface area contributed by atoms with Crippen LogP contribution in [0.2, 0.25) is 0 Å². The first-order valence-electron chi connectivity index (χ1n) is 11.0. The number of sulfonamides is 1. The third-order valence-electron chi connectivity index (χ3n) is 5.83. The van der Waals surface area contributed by atoms with Crippen LogP contribution in [0.1, 0.15) is 18.9 Å². The normalized spacial score (nSPS) is 15.0. The Morgan fingerprint density at radius 2 is 1.66 bits per heavy atom. The summed E-state index contributed by atoms with van der Waals surface area (Å²) in [5.74, 6) is 0.0499. The molecular formula is C25H28N2O4S. The van der Waals surface area contributed by atoms with E-state index in [0.29, 0.717) is 45.7 Å². The minimum absolute atomic E-state index is 0.0499. The first-order valence-corrected chi connectivity index (χ1v) is 12.4. The number of benzene rings is 3. The summed E-state index contributed by atoms with van der Waals surface area (Å²) in [5, 5.41) is 2.16. The molecule has 32 heavy (non-hydrogen) atoms. The van der Waals surface area contributed by atoms with Crippen molar-refractivity contribution in [3.63, 3.8) is 0 Å². The van der Waals surface area contributed by atoms with Gasteiger partial charge >= 0.3 is 0 Å². The number of hydrogen-bond donors (Lipinski definition) is 0. The molecule has 4 rings (SSSR count). The summed E-state index contributed by atoms with van der Waals surface area (Å²) < 4.78 is 32.2. The molecule has 1 aliphatic heterocycles. The summed E-state index contributed by atoms with van der Waals surface area (Å²) in [5.41, 5.74) is 1.86. The van der Waals surface area contributed by atoms with E-state index in [2.05, 4.69) is 0 Å². The SMILES string of the molecule is CCN(C(=O)CCc1ccc(S(=O)(=O)N2CCOCC2)cc1)c1cccc2ccccc12. The second kappa shape index (κ2) is 9.81. The lowest BCUT2D eigenvalue weighted by atomic mass is 10.1. The minimum atomic E-state index is -3.51. The van der Waals surface area contributed by atoms with Crippen LogP contribution in [-0.2, 0) is 26.0 Å². The highest BCUT2D eigenvalue weighted by atomic mass is 32.2. The smallest absolute Gasteiger partial charge is 0.243 e. The van der Waals surface area contributed by atoms with Crippen molar-refractivity contribution in [2.45, 2.75) is 24.7 Å². The van der Waals surface area contributed by atoms with Gasteiger partial charge in [-0.2, -0.15) is 4.31 Å². The number of anilines is 1. The van der Waals surface area contributed by atoms with E-state index in [9.17, 15) is 13.2 Å². The first-order chi connectivity index (χ1) is 15.5. The number of hydrogen-bond acceptors (Lipinski definition) is 4. The molecule has 0 spiro atoms. The molecule has 7 heteroatoms. The van der Waals surface area contributed by atoms with Crippen LogP contribution < -0.4 is 4.90 Å². The van der Waals surface area contributed by atoms with Gasteiger partial charge in [-0.1, -0.05) is 48.5 Å². The molecule has 3 aromatic carbocycles. The van der Waals surface area contributed by atoms with E-state index < -0.39 is 10.0 Å². The van der Waals surface area contributed by atoms with Crippen molar-refractivity contribution in [1.29, 1.82) is 0 Å². The van der Waals surface area contributed by atoms with Crippen LogP contribution in [0.25, 0.3) is 10.8 Å². The van der Waals surface area contributed by atoms with Crippen molar-refractivity contribution < 1.29 is 17.9 Å². The Morgan fingerprint density at radius 1 is 0.969 bits per heavy atom. The van der Waals surface area contributed by atoms with Gasteiger partial charge in [0.2, 0.25) is 15.9 Å². The van der Waals surface area contributed by atoms with E-state index in [-0.39, 0.29) is 10.8 Å². The van der Waals surface area contributed by atoms with Gasteiger partial charge in [-0.3, -0.25) is 4.79 Å². The lowest BCUT2D eigenvalue weighted by molar-refractivity contribution is -0.118. The van der Waals surface area contributed by atoms with E-state index in [1.165, 1.54) is 4.31 Å². The van der Waals surface area contributed by atoms with Crippen molar-refractivity contribution in [3.05, 3.63) is 72.3 Å². The average molecular weight is 453 g/mol.